The summed E-state index contributed by atoms with van der Waals surface area (Å²) in [7, 11) is 4.12. The summed E-state index contributed by atoms with van der Waals surface area (Å²) in [5.74, 6) is 2.59. The molecule has 8 heteroatoms. The summed E-state index contributed by atoms with van der Waals surface area (Å²) in [6, 6.07) is 3.91. The Kier molecular flexibility index (Phi) is 6.80. The zero-order valence-electron chi connectivity index (χ0n) is 17.7. The first-order valence-electron chi connectivity index (χ1n) is 10.9. The number of rotatable bonds is 6. The van der Waals surface area contributed by atoms with Gasteiger partial charge in [-0.25, -0.2) is 4.98 Å². The van der Waals surface area contributed by atoms with Gasteiger partial charge in [0.05, 0.1) is 5.69 Å². The Balaban J connectivity index is 1.29. The Morgan fingerprint density at radius 2 is 1.93 bits per heavy atom. The van der Waals surface area contributed by atoms with Crippen LogP contribution in [0, 0.1) is 9.68 Å². The Morgan fingerprint density at radius 1 is 1.17 bits per heavy atom. The number of amides is 1. The lowest BCUT2D eigenvalue weighted by atomic mass is 9.86. The first kappa shape index (κ1) is 21.4. The van der Waals surface area contributed by atoms with Crippen LogP contribution in [0.5, 0.6) is 0 Å². The fraction of sp³-hybridized carbons (Fsp3) is 0.591. The van der Waals surface area contributed by atoms with Gasteiger partial charge in [0.2, 0.25) is 5.95 Å². The summed E-state index contributed by atoms with van der Waals surface area (Å²) in [5, 5.41) is 6.60. The highest BCUT2D eigenvalue weighted by Gasteiger charge is 2.24. The fourth-order valence-corrected chi connectivity index (χ4v) is 4.88. The topological polar surface area (TPSA) is 83.3 Å². The van der Waals surface area contributed by atoms with Crippen LogP contribution in [-0.2, 0) is 12.8 Å². The summed E-state index contributed by atoms with van der Waals surface area (Å²) in [5.41, 5.74) is 2.54. The van der Waals surface area contributed by atoms with Gasteiger partial charge in [0.25, 0.3) is 5.91 Å². The van der Waals surface area contributed by atoms with Gasteiger partial charge in [-0.1, -0.05) is 0 Å². The molecule has 0 atom stereocenters. The van der Waals surface area contributed by atoms with Crippen molar-refractivity contribution in [2.75, 3.05) is 30.9 Å². The maximum absolute atomic E-state index is 12.2. The highest BCUT2D eigenvalue weighted by molar-refractivity contribution is 14.1. The van der Waals surface area contributed by atoms with Crippen LogP contribution in [-0.4, -0.2) is 42.6 Å². The smallest absolute Gasteiger partial charge is 0.287 e. The molecule has 2 heterocycles. The molecule has 2 aromatic heterocycles. The minimum Gasteiger partial charge on any atom is -0.445 e. The van der Waals surface area contributed by atoms with Crippen molar-refractivity contribution in [2.45, 2.75) is 57.4 Å². The molecule has 1 fully saturated rings. The largest absolute Gasteiger partial charge is 0.445 e. The van der Waals surface area contributed by atoms with Crippen LogP contribution in [0.1, 0.15) is 60.3 Å². The number of anilines is 2. The number of carbonyl (C=O) groups excluding carboxylic acids is 1. The Labute approximate surface area is 191 Å². The van der Waals surface area contributed by atoms with E-state index in [1.807, 2.05) is 0 Å². The van der Waals surface area contributed by atoms with E-state index in [0.29, 0.717) is 24.3 Å². The van der Waals surface area contributed by atoms with Crippen molar-refractivity contribution in [3.05, 3.63) is 32.9 Å². The van der Waals surface area contributed by atoms with E-state index in [0.717, 1.165) is 54.1 Å². The summed E-state index contributed by atoms with van der Waals surface area (Å²) in [6.07, 6.45) is 8.87. The molecule has 2 aliphatic rings. The van der Waals surface area contributed by atoms with Crippen molar-refractivity contribution in [1.82, 2.24) is 15.3 Å². The summed E-state index contributed by atoms with van der Waals surface area (Å²) >= 11 is 2.07. The maximum Gasteiger partial charge on any atom is 0.287 e. The predicted octanol–water partition coefficient (Wildman–Crippen LogP) is 4.02. The van der Waals surface area contributed by atoms with Crippen molar-refractivity contribution < 1.29 is 9.21 Å². The number of fused-ring (bicyclic) bond motifs is 1. The average molecular weight is 523 g/mol. The van der Waals surface area contributed by atoms with Crippen molar-refractivity contribution in [2.24, 2.45) is 5.92 Å². The zero-order chi connectivity index (χ0) is 21.1. The van der Waals surface area contributed by atoms with Crippen molar-refractivity contribution in [3.8, 4) is 0 Å². The molecular weight excluding hydrogens is 493 g/mol. The van der Waals surface area contributed by atoms with Gasteiger partial charge in [-0.2, -0.15) is 4.98 Å². The maximum atomic E-state index is 12.2. The second-order valence-electron chi connectivity index (χ2n) is 8.57. The van der Waals surface area contributed by atoms with E-state index in [-0.39, 0.29) is 5.91 Å². The van der Waals surface area contributed by atoms with Crippen LogP contribution in [0.3, 0.4) is 0 Å². The molecule has 0 spiro atoms. The van der Waals surface area contributed by atoms with E-state index in [4.69, 9.17) is 14.4 Å². The lowest BCUT2D eigenvalue weighted by Gasteiger charge is -2.30. The third-order valence-electron chi connectivity index (χ3n) is 6.11. The quantitative estimate of drug-likeness (QED) is 0.557. The fourth-order valence-electron chi connectivity index (χ4n) is 4.46. The average Bonchev–Trinajstić information content (AvgIpc) is 3.19. The van der Waals surface area contributed by atoms with Crippen LogP contribution in [0.2, 0.25) is 0 Å². The second kappa shape index (κ2) is 9.53. The molecule has 1 amide bonds. The summed E-state index contributed by atoms with van der Waals surface area (Å²) in [4.78, 5) is 24.0. The number of carbonyl (C=O) groups is 1. The van der Waals surface area contributed by atoms with Gasteiger partial charge in [-0.3, -0.25) is 4.79 Å². The molecule has 1 saturated carbocycles. The van der Waals surface area contributed by atoms with E-state index in [9.17, 15) is 4.79 Å². The minimum atomic E-state index is -0.128. The SMILES string of the molecule is CN(C)c1nc(NC2CCC(CNC(=O)c3ccc(I)o3)CC2)nc2c1CCCC2. The van der Waals surface area contributed by atoms with Gasteiger partial charge in [-0.15, -0.1) is 0 Å². The molecule has 30 heavy (non-hydrogen) atoms. The van der Waals surface area contributed by atoms with E-state index >= 15 is 0 Å². The molecule has 0 unspecified atom stereocenters. The van der Waals surface area contributed by atoms with Gasteiger partial charge in [0.1, 0.15) is 5.82 Å². The summed E-state index contributed by atoms with van der Waals surface area (Å²) in [6.45, 7) is 0.697. The molecule has 0 bridgehead atoms. The van der Waals surface area contributed by atoms with Crippen LogP contribution in [0.15, 0.2) is 16.5 Å². The molecule has 0 aromatic carbocycles. The first-order chi connectivity index (χ1) is 14.5. The van der Waals surface area contributed by atoms with Crippen molar-refractivity contribution in [1.29, 1.82) is 0 Å². The summed E-state index contributed by atoms with van der Waals surface area (Å²) < 4.78 is 6.11. The van der Waals surface area contributed by atoms with Crippen LogP contribution in [0.4, 0.5) is 11.8 Å². The number of furan rings is 1. The number of hydrogen-bond donors (Lipinski definition) is 2. The van der Waals surface area contributed by atoms with Gasteiger partial charge >= 0.3 is 0 Å². The highest BCUT2D eigenvalue weighted by Crippen LogP contribution is 2.30. The number of nitrogens with one attached hydrogen (secondary N) is 2. The van der Waals surface area contributed by atoms with E-state index in [1.165, 1.54) is 24.1 Å². The molecule has 0 radical (unpaired) electrons. The van der Waals surface area contributed by atoms with Gasteiger partial charge < -0.3 is 20.0 Å². The Morgan fingerprint density at radius 3 is 2.63 bits per heavy atom. The monoisotopic (exact) mass is 523 g/mol. The molecule has 4 rings (SSSR count). The number of aryl methyl sites for hydroxylation is 1. The van der Waals surface area contributed by atoms with E-state index in [1.54, 1.807) is 12.1 Å². The standard InChI is InChI=1S/C22H30IN5O2/c1-28(2)20-16-5-3-4-6-17(16)26-22(27-20)25-15-9-7-14(8-10-15)13-24-21(29)18-11-12-19(23)30-18/h11-12,14-15H,3-10,13H2,1-2H3,(H,24,29)(H,25,26,27). The molecule has 7 nitrogen and oxygen atoms in total. The lowest BCUT2D eigenvalue weighted by molar-refractivity contribution is 0.0914. The van der Waals surface area contributed by atoms with Crippen LogP contribution in [0.25, 0.3) is 0 Å². The Bertz CT molecular complexity index is 890. The number of hydrogen-bond acceptors (Lipinski definition) is 6. The third kappa shape index (κ3) is 5.07. The molecule has 162 valence electrons. The van der Waals surface area contributed by atoms with Crippen molar-refractivity contribution in [3.63, 3.8) is 0 Å². The number of nitrogens with zero attached hydrogens (tertiary/aromatic N) is 3. The Hall–Kier alpha value is -1.84. The molecule has 2 N–H and O–H groups in total. The second-order valence-corrected chi connectivity index (χ2v) is 9.64. The molecule has 0 aliphatic heterocycles. The molecular formula is C22H30IN5O2. The van der Waals surface area contributed by atoms with Crippen LogP contribution >= 0.6 is 22.6 Å². The third-order valence-corrected chi connectivity index (χ3v) is 6.69. The predicted molar refractivity (Wildman–Crippen MR) is 126 cm³/mol. The number of aromatic nitrogens is 2. The van der Waals surface area contributed by atoms with Crippen LogP contribution < -0.4 is 15.5 Å². The highest BCUT2D eigenvalue weighted by atomic mass is 127. The molecule has 2 aromatic rings. The van der Waals surface area contributed by atoms with Gasteiger partial charge in [-0.05, 0) is 92.0 Å². The minimum absolute atomic E-state index is 0.128. The molecule has 0 saturated heterocycles. The normalized spacial score (nSPS) is 21.0. The first-order valence-corrected chi connectivity index (χ1v) is 11.9. The van der Waals surface area contributed by atoms with E-state index in [2.05, 4.69) is 52.2 Å². The number of halogens is 1. The van der Waals surface area contributed by atoms with Crippen molar-refractivity contribution >= 4 is 40.3 Å². The van der Waals surface area contributed by atoms with E-state index < -0.39 is 0 Å². The zero-order valence-corrected chi connectivity index (χ0v) is 19.9. The van der Waals surface area contributed by atoms with Gasteiger partial charge in [0.15, 0.2) is 9.53 Å². The van der Waals surface area contributed by atoms with Gasteiger partial charge in [0, 0.05) is 32.2 Å². The molecule has 2 aliphatic carbocycles. The lowest BCUT2D eigenvalue weighted by Crippen LogP contribution is -2.34.